The van der Waals surface area contributed by atoms with Crippen molar-refractivity contribution in [3.8, 4) is 5.75 Å². The third-order valence-electron chi connectivity index (χ3n) is 4.71. The fourth-order valence-electron chi connectivity index (χ4n) is 3.27. The van der Waals surface area contributed by atoms with E-state index in [9.17, 15) is 0 Å². The molecule has 4 rings (SSSR count). The van der Waals surface area contributed by atoms with Gasteiger partial charge in [0.15, 0.2) is 0 Å². The summed E-state index contributed by atoms with van der Waals surface area (Å²) in [7, 11) is 1.67. The highest BCUT2D eigenvalue weighted by Crippen LogP contribution is 2.40. The fraction of sp³-hybridized carbons (Fsp3) is 0.200. The number of fused-ring (bicyclic) bond motifs is 1. The minimum atomic E-state index is 0.121. The van der Waals surface area contributed by atoms with E-state index in [-0.39, 0.29) is 11.3 Å². The number of hydrogen-bond donors (Lipinski definition) is 0. The second-order valence-electron chi connectivity index (χ2n) is 6.17. The van der Waals surface area contributed by atoms with Gasteiger partial charge >= 0.3 is 0 Å². The van der Waals surface area contributed by atoms with Crippen LogP contribution in [0, 0.1) is 0 Å². The third kappa shape index (κ3) is 2.95. The molecule has 2 aromatic carbocycles. The Morgan fingerprint density at radius 3 is 2.46 bits per heavy atom. The maximum absolute atomic E-state index is 6.09. The van der Waals surface area contributed by atoms with E-state index in [1.54, 1.807) is 7.11 Å². The normalized spacial score (nSPS) is 16.3. The summed E-state index contributed by atoms with van der Waals surface area (Å²) in [6.07, 6.45) is 1.82. The van der Waals surface area contributed by atoms with Gasteiger partial charge in [0.1, 0.15) is 11.6 Å². The van der Waals surface area contributed by atoms with Gasteiger partial charge in [0.05, 0.1) is 19.8 Å². The number of benzene rings is 2. The maximum Gasteiger partial charge on any atom is 0.224 e. The number of hydrogen-bond acceptors (Lipinski definition) is 5. The van der Waals surface area contributed by atoms with Crippen LogP contribution in [0.4, 0.5) is 17.2 Å². The average molecular weight is 367 g/mol. The smallest absolute Gasteiger partial charge is 0.224 e. The Morgan fingerprint density at radius 2 is 1.77 bits per heavy atom. The lowest BCUT2D eigenvalue weighted by molar-refractivity contribution is 0.414. The fourth-order valence-corrected chi connectivity index (χ4v) is 3.40. The molecule has 0 spiro atoms. The highest BCUT2D eigenvalue weighted by molar-refractivity contribution is 6.28. The first-order valence-corrected chi connectivity index (χ1v) is 8.81. The van der Waals surface area contributed by atoms with Gasteiger partial charge in [-0.05, 0) is 54.9 Å². The molecule has 1 atom stereocenters. The number of para-hydroxylation sites is 1. The molecule has 2 heterocycles. The molecule has 3 aromatic rings. The Balaban J connectivity index is 1.79. The first-order chi connectivity index (χ1) is 12.7. The molecule has 132 valence electrons. The van der Waals surface area contributed by atoms with Crippen molar-refractivity contribution in [2.45, 2.75) is 13.0 Å². The molecule has 26 heavy (non-hydrogen) atoms. The Bertz CT molecular complexity index is 901. The zero-order valence-corrected chi connectivity index (χ0v) is 15.4. The molecule has 1 aromatic heterocycles. The van der Waals surface area contributed by atoms with Crippen LogP contribution in [-0.2, 0) is 0 Å². The van der Waals surface area contributed by atoms with E-state index in [1.165, 1.54) is 0 Å². The van der Waals surface area contributed by atoms with Gasteiger partial charge in [-0.1, -0.05) is 18.2 Å². The van der Waals surface area contributed by atoms with Crippen molar-refractivity contribution in [1.82, 2.24) is 9.97 Å². The van der Waals surface area contributed by atoms with Crippen molar-refractivity contribution >= 4 is 28.8 Å². The van der Waals surface area contributed by atoms with Crippen molar-refractivity contribution in [2.75, 3.05) is 23.6 Å². The van der Waals surface area contributed by atoms with Gasteiger partial charge in [-0.3, -0.25) is 0 Å². The molecule has 0 saturated heterocycles. The van der Waals surface area contributed by atoms with Gasteiger partial charge in [-0.15, -0.1) is 0 Å². The summed E-state index contributed by atoms with van der Waals surface area (Å²) < 4.78 is 5.28. The van der Waals surface area contributed by atoms with Crippen molar-refractivity contribution in [3.05, 3.63) is 71.6 Å². The number of rotatable bonds is 3. The van der Waals surface area contributed by atoms with Crippen LogP contribution in [0.3, 0.4) is 0 Å². The van der Waals surface area contributed by atoms with Crippen molar-refractivity contribution in [2.24, 2.45) is 0 Å². The predicted molar refractivity (Wildman–Crippen MR) is 104 cm³/mol. The van der Waals surface area contributed by atoms with Gasteiger partial charge < -0.3 is 14.5 Å². The standard InChI is InChI=1S/C20H19ClN4O/c1-14-18-12-22-20(21)23-19(18)25(15-6-4-3-5-7-15)13-24(14)16-8-10-17(26-2)11-9-16/h3-12,14H,13H2,1-2H3. The van der Waals surface area contributed by atoms with Crippen molar-refractivity contribution < 1.29 is 4.74 Å². The summed E-state index contributed by atoms with van der Waals surface area (Å²) in [5.74, 6) is 1.70. The lowest BCUT2D eigenvalue weighted by Gasteiger charge is -2.42. The van der Waals surface area contributed by atoms with E-state index < -0.39 is 0 Å². The molecule has 1 aliphatic heterocycles. The van der Waals surface area contributed by atoms with Crippen LogP contribution >= 0.6 is 11.6 Å². The molecular weight excluding hydrogens is 348 g/mol. The molecular formula is C20H19ClN4O. The first kappa shape index (κ1) is 16.7. The van der Waals surface area contributed by atoms with Gasteiger partial charge in [0.25, 0.3) is 0 Å². The highest BCUT2D eigenvalue weighted by Gasteiger charge is 2.31. The van der Waals surface area contributed by atoms with E-state index in [0.29, 0.717) is 6.67 Å². The van der Waals surface area contributed by atoms with Crippen LogP contribution in [0.15, 0.2) is 60.8 Å². The largest absolute Gasteiger partial charge is 0.497 e. The quantitative estimate of drug-likeness (QED) is 0.622. The van der Waals surface area contributed by atoms with Gasteiger partial charge in [-0.2, -0.15) is 4.98 Å². The molecule has 0 bridgehead atoms. The summed E-state index contributed by atoms with van der Waals surface area (Å²) in [5, 5.41) is 0.259. The summed E-state index contributed by atoms with van der Waals surface area (Å²) in [4.78, 5) is 13.2. The van der Waals surface area contributed by atoms with Crippen LogP contribution in [0.25, 0.3) is 0 Å². The Hall–Kier alpha value is -2.79. The van der Waals surface area contributed by atoms with Gasteiger partial charge in [0.2, 0.25) is 5.28 Å². The topological polar surface area (TPSA) is 41.5 Å². The van der Waals surface area contributed by atoms with Gasteiger partial charge in [-0.25, -0.2) is 4.98 Å². The van der Waals surface area contributed by atoms with Crippen LogP contribution in [-0.4, -0.2) is 23.7 Å². The van der Waals surface area contributed by atoms with E-state index in [1.807, 2.05) is 36.5 Å². The second kappa shape index (κ2) is 6.84. The van der Waals surface area contributed by atoms with Crippen LogP contribution in [0.2, 0.25) is 5.28 Å². The molecule has 5 nitrogen and oxygen atoms in total. The Morgan fingerprint density at radius 1 is 1.04 bits per heavy atom. The van der Waals surface area contributed by atoms with E-state index in [2.05, 4.69) is 51.0 Å². The predicted octanol–water partition coefficient (Wildman–Crippen LogP) is 4.82. The Kier molecular flexibility index (Phi) is 4.39. The average Bonchev–Trinajstić information content (AvgIpc) is 2.69. The molecule has 1 aliphatic rings. The highest BCUT2D eigenvalue weighted by atomic mass is 35.5. The SMILES string of the molecule is COc1ccc(N2CN(c3ccccc3)c3nc(Cl)ncc3C2C)cc1. The van der Waals surface area contributed by atoms with Crippen LogP contribution < -0.4 is 14.5 Å². The molecule has 6 heteroatoms. The van der Waals surface area contributed by atoms with Crippen molar-refractivity contribution in [3.63, 3.8) is 0 Å². The molecule has 0 radical (unpaired) electrons. The van der Waals surface area contributed by atoms with E-state index in [4.69, 9.17) is 16.3 Å². The summed E-state index contributed by atoms with van der Waals surface area (Å²) in [5.41, 5.74) is 3.22. The van der Waals surface area contributed by atoms with Gasteiger partial charge in [0, 0.05) is 23.1 Å². The second-order valence-corrected chi connectivity index (χ2v) is 6.50. The number of ether oxygens (including phenoxy) is 1. The lowest BCUT2D eigenvalue weighted by atomic mass is 10.1. The van der Waals surface area contributed by atoms with Crippen molar-refractivity contribution in [1.29, 1.82) is 0 Å². The number of nitrogens with zero attached hydrogens (tertiary/aromatic N) is 4. The Labute approximate surface area is 157 Å². The summed E-state index contributed by atoms with van der Waals surface area (Å²) in [6, 6.07) is 18.4. The number of anilines is 3. The lowest BCUT2D eigenvalue weighted by Crippen LogP contribution is -2.42. The first-order valence-electron chi connectivity index (χ1n) is 8.43. The molecule has 0 saturated carbocycles. The number of aromatic nitrogens is 2. The number of halogens is 1. The monoisotopic (exact) mass is 366 g/mol. The number of methoxy groups -OCH3 is 1. The third-order valence-corrected chi connectivity index (χ3v) is 4.89. The molecule has 0 fully saturated rings. The molecule has 0 N–H and O–H groups in total. The van der Waals surface area contributed by atoms with Crippen LogP contribution in [0.5, 0.6) is 5.75 Å². The maximum atomic E-state index is 6.09. The minimum absolute atomic E-state index is 0.121. The van der Waals surface area contributed by atoms with Crippen LogP contribution in [0.1, 0.15) is 18.5 Å². The summed E-state index contributed by atoms with van der Waals surface area (Å²) in [6.45, 7) is 2.82. The zero-order chi connectivity index (χ0) is 18.1. The molecule has 0 amide bonds. The van der Waals surface area contributed by atoms with E-state index >= 15 is 0 Å². The zero-order valence-electron chi connectivity index (χ0n) is 14.6. The summed E-state index contributed by atoms with van der Waals surface area (Å²) >= 11 is 6.09. The molecule has 0 aliphatic carbocycles. The van der Waals surface area contributed by atoms with E-state index in [0.717, 1.165) is 28.5 Å². The minimum Gasteiger partial charge on any atom is -0.497 e. The molecule has 1 unspecified atom stereocenters.